The zero-order valence-corrected chi connectivity index (χ0v) is 14.1. The van der Waals surface area contributed by atoms with Gasteiger partial charge in [0.25, 0.3) is 0 Å². The summed E-state index contributed by atoms with van der Waals surface area (Å²) in [4.78, 5) is 0. The first-order valence-electron chi connectivity index (χ1n) is 7.78. The van der Waals surface area contributed by atoms with Gasteiger partial charge in [-0.2, -0.15) is 0 Å². The number of alkyl halides is 3. The Morgan fingerprint density at radius 1 is 0.857 bits per heavy atom. The molecular weight excluding hydrogens is 338 g/mol. The average Bonchev–Trinajstić information content (AvgIpc) is 2.49. The first kappa shape index (κ1) is 18.4. The van der Waals surface area contributed by atoms with Gasteiger partial charge in [0.05, 0.1) is 6.61 Å². The molecule has 0 fully saturated rings. The summed E-state index contributed by atoms with van der Waals surface area (Å²) in [6.45, 7) is 0.749. The molecule has 1 aromatic rings. The van der Waals surface area contributed by atoms with Gasteiger partial charge in [0.1, 0.15) is 5.75 Å². The van der Waals surface area contributed by atoms with Gasteiger partial charge in [0.2, 0.25) is 6.43 Å². The molecule has 0 N–H and O–H groups in total. The maximum absolute atomic E-state index is 11.9. The van der Waals surface area contributed by atoms with Crippen molar-refractivity contribution >= 4 is 15.9 Å². The summed E-state index contributed by atoms with van der Waals surface area (Å²) in [5.74, 6) is 0.923. The molecule has 1 aromatic carbocycles. The number of hydrogen-bond donors (Lipinski definition) is 0. The third-order valence-corrected chi connectivity index (χ3v) is 4.06. The van der Waals surface area contributed by atoms with Crippen molar-refractivity contribution in [1.29, 1.82) is 0 Å². The third kappa shape index (κ3) is 9.83. The second-order valence-corrected chi connectivity index (χ2v) is 5.84. The van der Waals surface area contributed by atoms with Crippen molar-refractivity contribution in [2.75, 3.05) is 6.61 Å². The maximum atomic E-state index is 11.9. The Morgan fingerprint density at radius 3 is 2.00 bits per heavy atom. The minimum atomic E-state index is -2.13. The molecule has 1 nitrogen and oxygen atoms in total. The molecule has 0 aliphatic heterocycles. The van der Waals surface area contributed by atoms with Crippen molar-refractivity contribution in [2.24, 2.45) is 0 Å². The van der Waals surface area contributed by atoms with E-state index in [0.29, 0.717) is 6.42 Å². The van der Waals surface area contributed by atoms with Crippen LogP contribution in [0.4, 0.5) is 8.78 Å². The van der Waals surface area contributed by atoms with Gasteiger partial charge in [-0.25, -0.2) is 8.78 Å². The van der Waals surface area contributed by atoms with Crippen LogP contribution in [0.15, 0.2) is 24.3 Å². The van der Waals surface area contributed by atoms with E-state index in [9.17, 15) is 8.78 Å². The van der Waals surface area contributed by atoms with Crippen molar-refractivity contribution in [2.45, 2.75) is 63.1 Å². The molecule has 0 saturated carbocycles. The average molecular weight is 363 g/mol. The van der Waals surface area contributed by atoms with E-state index in [-0.39, 0.29) is 6.42 Å². The molecule has 0 spiro atoms. The number of halogens is 3. The van der Waals surface area contributed by atoms with Gasteiger partial charge in [-0.05, 0) is 30.5 Å². The van der Waals surface area contributed by atoms with E-state index >= 15 is 0 Å². The summed E-state index contributed by atoms with van der Waals surface area (Å²) >= 11 is 3.41. The Kier molecular flexibility index (Phi) is 10.5. The van der Waals surface area contributed by atoms with Crippen molar-refractivity contribution in [1.82, 2.24) is 0 Å². The summed E-state index contributed by atoms with van der Waals surface area (Å²) in [5, 5.41) is 0.866. The van der Waals surface area contributed by atoms with Crippen LogP contribution in [0, 0.1) is 0 Å². The van der Waals surface area contributed by atoms with Crippen molar-refractivity contribution in [3.8, 4) is 5.75 Å². The summed E-state index contributed by atoms with van der Waals surface area (Å²) in [6, 6.07) is 8.12. The van der Waals surface area contributed by atoms with Crippen LogP contribution in [0.25, 0.3) is 0 Å². The largest absolute Gasteiger partial charge is 0.494 e. The summed E-state index contributed by atoms with van der Waals surface area (Å²) < 4.78 is 29.5. The molecule has 1 rings (SSSR count). The van der Waals surface area contributed by atoms with Gasteiger partial charge in [0.15, 0.2) is 0 Å². The Bertz CT molecular complexity index is 354. The summed E-state index contributed by atoms with van der Waals surface area (Å²) in [6.07, 6.45) is 5.09. The molecule has 0 aromatic heterocycles. The lowest BCUT2D eigenvalue weighted by molar-refractivity contribution is 0.133. The quantitative estimate of drug-likeness (QED) is 0.311. The predicted octanol–water partition coefficient (Wildman–Crippen LogP) is 6.35. The van der Waals surface area contributed by atoms with Gasteiger partial charge in [-0.3, -0.25) is 0 Å². The smallest absolute Gasteiger partial charge is 0.238 e. The molecule has 0 atom stereocenters. The lowest BCUT2D eigenvalue weighted by Crippen LogP contribution is -1.97. The van der Waals surface area contributed by atoms with Crippen molar-refractivity contribution < 1.29 is 13.5 Å². The Morgan fingerprint density at radius 2 is 1.43 bits per heavy atom. The van der Waals surface area contributed by atoms with Gasteiger partial charge in [-0.1, -0.05) is 60.2 Å². The normalized spacial score (nSPS) is 11.0. The molecule has 0 heterocycles. The lowest BCUT2D eigenvalue weighted by atomic mass is 10.1. The fourth-order valence-corrected chi connectivity index (χ4v) is 2.52. The SMILES string of the molecule is FC(F)CCCCCCCCCOc1ccc(CBr)cc1. The molecule has 0 saturated heterocycles. The van der Waals surface area contributed by atoms with E-state index in [2.05, 4.69) is 28.1 Å². The highest BCUT2D eigenvalue weighted by molar-refractivity contribution is 9.08. The van der Waals surface area contributed by atoms with Crippen molar-refractivity contribution in [3.63, 3.8) is 0 Å². The summed E-state index contributed by atoms with van der Waals surface area (Å²) in [7, 11) is 0. The zero-order chi connectivity index (χ0) is 15.3. The van der Waals surface area contributed by atoms with Gasteiger partial charge in [0, 0.05) is 11.8 Å². The molecule has 0 unspecified atom stereocenters. The maximum Gasteiger partial charge on any atom is 0.238 e. The predicted molar refractivity (Wildman–Crippen MR) is 87.5 cm³/mol. The monoisotopic (exact) mass is 362 g/mol. The molecule has 0 radical (unpaired) electrons. The first-order valence-corrected chi connectivity index (χ1v) is 8.90. The minimum absolute atomic E-state index is 0.0573. The van der Waals surface area contributed by atoms with Gasteiger partial charge in [-0.15, -0.1) is 0 Å². The van der Waals surface area contributed by atoms with Crippen LogP contribution in [0.5, 0.6) is 5.75 Å². The van der Waals surface area contributed by atoms with E-state index in [4.69, 9.17) is 4.74 Å². The Hall–Kier alpha value is -0.640. The van der Waals surface area contributed by atoms with Crippen LogP contribution in [0.1, 0.15) is 56.9 Å². The molecule has 0 bridgehead atoms. The fourth-order valence-electron chi connectivity index (χ4n) is 2.15. The van der Waals surface area contributed by atoms with Crippen LogP contribution < -0.4 is 4.74 Å². The van der Waals surface area contributed by atoms with E-state index in [1.165, 1.54) is 12.0 Å². The van der Waals surface area contributed by atoms with Gasteiger partial charge < -0.3 is 4.74 Å². The highest BCUT2D eigenvalue weighted by atomic mass is 79.9. The Balaban J connectivity index is 1.90. The topological polar surface area (TPSA) is 9.23 Å². The van der Waals surface area contributed by atoms with Gasteiger partial charge >= 0.3 is 0 Å². The lowest BCUT2D eigenvalue weighted by Gasteiger charge is -2.06. The van der Waals surface area contributed by atoms with Crippen LogP contribution in [-0.4, -0.2) is 13.0 Å². The number of ether oxygens (including phenoxy) is 1. The van der Waals surface area contributed by atoms with E-state index in [1.54, 1.807) is 0 Å². The molecule has 21 heavy (non-hydrogen) atoms. The molecular formula is C17H25BrF2O. The van der Waals surface area contributed by atoms with Crippen LogP contribution in [0.2, 0.25) is 0 Å². The van der Waals surface area contributed by atoms with E-state index in [1.807, 2.05) is 12.1 Å². The molecule has 0 aliphatic rings. The van der Waals surface area contributed by atoms with E-state index in [0.717, 1.165) is 49.8 Å². The number of benzene rings is 1. The summed E-state index contributed by atoms with van der Waals surface area (Å²) in [5.41, 5.74) is 1.24. The zero-order valence-electron chi connectivity index (χ0n) is 12.5. The highest BCUT2D eigenvalue weighted by Gasteiger charge is 2.01. The van der Waals surface area contributed by atoms with Crippen molar-refractivity contribution in [3.05, 3.63) is 29.8 Å². The molecule has 0 amide bonds. The van der Waals surface area contributed by atoms with Crippen LogP contribution in [0.3, 0.4) is 0 Å². The molecule has 0 aliphatic carbocycles. The second kappa shape index (κ2) is 12.0. The van der Waals surface area contributed by atoms with Crippen LogP contribution >= 0.6 is 15.9 Å². The third-order valence-electron chi connectivity index (χ3n) is 3.41. The minimum Gasteiger partial charge on any atom is -0.494 e. The fraction of sp³-hybridized carbons (Fsp3) is 0.647. The molecule has 4 heteroatoms. The second-order valence-electron chi connectivity index (χ2n) is 5.28. The molecule has 120 valence electrons. The standard InChI is InChI=1S/C17H25BrF2O/c18-14-15-9-11-16(12-10-15)21-13-7-5-3-1-2-4-6-8-17(19)20/h9-12,17H,1-8,13-14H2. The highest BCUT2D eigenvalue weighted by Crippen LogP contribution is 2.15. The number of hydrogen-bond acceptors (Lipinski definition) is 1. The van der Waals surface area contributed by atoms with E-state index < -0.39 is 6.43 Å². The Labute approximate surface area is 135 Å². The number of rotatable bonds is 12. The van der Waals surface area contributed by atoms with Crippen LogP contribution in [-0.2, 0) is 5.33 Å². The first-order chi connectivity index (χ1) is 10.2. The number of unbranched alkanes of at least 4 members (excludes halogenated alkanes) is 6.